The molecule has 1 saturated carbocycles. The number of nitrogens with zero attached hydrogens (tertiary/aromatic N) is 3. The molecule has 136 valence electrons. The molecule has 2 aliphatic rings. The second kappa shape index (κ2) is 6.94. The van der Waals surface area contributed by atoms with Gasteiger partial charge in [-0.05, 0) is 31.7 Å². The fourth-order valence-electron chi connectivity index (χ4n) is 3.70. The minimum Gasteiger partial charge on any atom is -0.475 e. The van der Waals surface area contributed by atoms with E-state index in [-0.39, 0.29) is 17.4 Å². The van der Waals surface area contributed by atoms with Crippen LogP contribution in [0.2, 0.25) is 0 Å². The van der Waals surface area contributed by atoms with Crippen molar-refractivity contribution in [2.24, 2.45) is 0 Å². The summed E-state index contributed by atoms with van der Waals surface area (Å²) in [5, 5.41) is 3.26. The summed E-state index contributed by atoms with van der Waals surface area (Å²) in [6.45, 7) is 4.06. The van der Waals surface area contributed by atoms with Gasteiger partial charge in [0.2, 0.25) is 5.91 Å². The van der Waals surface area contributed by atoms with Crippen molar-refractivity contribution in [2.75, 3.05) is 24.6 Å². The zero-order chi connectivity index (χ0) is 18.0. The van der Waals surface area contributed by atoms with Crippen LogP contribution in [0.25, 0.3) is 0 Å². The molecule has 2 fully saturated rings. The van der Waals surface area contributed by atoms with Crippen molar-refractivity contribution in [3.8, 4) is 5.88 Å². The topological polar surface area (TPSA) is 67.4 Å². The van der Waals surface area contributed by atoms with Gasteiger partial charge in [0.1, 0.15) is 0 Å². The normalized spacial score (nSPS) is 20.7. The summed E-state index contributed by atoms with van der Waals surface area (Å²) in [6.07, 6.45) is 6.08. The van der Waals surface area contributed by atoms with Gasteiger partial charge in [-0.15, -0.1) is 0 Å². The number of hydrogen-bond acceptors (Lipinski definition) is 5. The molecule has 0 radical (unpaired) electrons. The lowest BCUT2D eigenvalue weighted by Crippen LogP contribution is -2.43. The van der Waals surface area contributed by atoms with Gasteiger partial charge in [0.05, 0.1) is 12.0 Å². The van der Waals surface area contributed by atoms with Crippen LogP contribution in [0.5, 0.6) is 5.88 Å². The zero-order valence-electron chi connectivity index (χ0n) is 15.0. The quantitative estimate of drug-likeness (QED) is 0.864. The van der Waals surface area contributed by atoms with Crippen LogP contribution >= 0.6 is 0 Å². The average molecular weight is 352 g/mol. The number of carbonyl (C=O) groups excluding carboxylic acids is 1. The van der Waals surface area contributed by atoms with Gasteiger partial charge in [0.15, 0.2) is 5.82 Å². The Kier molecular flexibility index (Phi) is 4.49. The lowest BCUT2D eigenvalue weighted by atomic mass is 9.94. The van der Waals surface area contributed by atoms with Crippen molar-refractivity contribution < 1.29 is 9.53 Å². The van der Waals surface area contributed by atoms with Crippen LogP contribution in [0.3, 0.4) is 0 Å². The number of hydrogen-bond donors (Lipinski definition) is 1. The van der Waals surface area contributed by atoms with Crippen molar-refractivity contribution in [2.45, 2.75) is 37.6 Å². The van der Waals surface area contributed by atoms with E-state index in [1.807, 2.05) is 25.1 Å². The van der Waals surface area contributed by atoms with Gasteiger partial charge >= 0.3 is 0 Å². The monoisotopic (exact) mass is 352 g/mol. The van der Waals surface area contributed by atoms with E-state index in [1.54, 1.807) is 12.4 Å². The van der Waals surface area contributed by atoms with Crippen LogP contribution in [-0.2, 0) is 10.2 Å². The number of rotatable bonds is 6. The van der Waals surface area contributed by atoms with E-state index in [4.69, 9.17) is 4.74 Å². The Labute approximate surface area is 153 Å². The minimum absolute atomic E-state index is 0.125. The zero-order valence-corrected chi connectivity index (χ0v) is 15.0. The Morgan fingerprint density at radius 1 is 1.27 bits per heavy atom. The maximum atomic E-state index is 12.9. The van der Waals surface area contributed by atoms with Gasteiger partial charge in [-0.1, -0.05) is 30.3 Å². The Bertz CT molecular complexity index is 776. The number of nitrogens with one attached hydrogen (secondary N) is 1. The predicted octanol–water partition coefficient (Wildman–Crippen LogP) is 2.30. The number of anilines is 1. The second-order valence-corrected chi connectivity index (χ2v) is 6.97. The lowest BCUT2D eigenvalue weighted by Gasteiger charge is -2.21. The van der Waals surface area contributed by atoms with Gasteiger partial charge in [-0.25, -0.2) is 9.97 Å². The fraction of sp³-hybridized carbons (Fsp3) is 0.450. The molecule has 0 bridgehead atoms. The Hall–Kier alpha value is -2.63. The molecule has 1 amide bonds. The number of ether oxygens (including phenoxy) is 1. The molecule has 6 heteroatoms. The van der Waals surface area contributed by atoms with E-state index in [0.29, 0.717) is 12.5 Å². The molecule has 4 rings (SSSR count). The van der Waals surface area contributed by atoms with E-state index in [0.717, 1.165) is 43.7 Å². The summed E-state index contributed by atoms with van der Waals surface area (Å²) >= 11 is 0. The molecule has 0 unspecified atom stereocenters. The van der Waals surface area contributed by atoms with Gasteiger partial charge < -0.3 is 15.0 Å². The molecule has 1 N–H and O–H groups in total. The highest BCUT2D eigenvalue weighted by molar-refractivity contribution is 5.91. The molecule has 1 saturated heterocycles. The number of aromatic nitrogens is 2. The highest BCUT2D eigenvalue weighted by atomic mass is 16.5. The fourth-order valence-corrected chi connectivity index (χ4v) is 3.70. The molecule has 26 heavy (non-hydrogen) atoms. The van der Waals surface area contributed by atoms with E-state index in [9.17, 15) is 4.79 Å². The SMILES string of the molecule is CCOc1nccnc1N1CC[C@H](NC(=O)C2(c3ccccc3)CC2)C1. The predicted molar refractivity (Wildman–Crippen MR) is 99.3 cm³/mol. The Balaban J connectivity index is 1.42. The molecule has 1 aromatic heterocycles. The first kappa shape index (κ1) is 16.8. The molecule has 6 nitrogen and oxygen atoms in total. The highest BCUT2D eigenvalue weighted by Crippen LogP contribution is 2.48. The number of amides is 1. The van der Waals surface area contributed by atoms with Crippen LogP contribution in [0.15, 0.2) is 42.7 Å². The Morgan fingerprint density at radius 2 is 2.04 bits per heavy atom. The molecule has 1 atom stereocenters. The molecule has 0 spiro atoms. The van der Waals surface area contributed by atoms with Gasteiger partial charge in [0.25, 0.3) is 5.88 Å². The van der Waals surface area contributed by atoms with Crippen molar-refractivity contribution >= 4 is 11.7 Å². The summed E-state index contributed by atoms with van der Waals surface area (Å²) < 4.78 is 5.59. The molecule has 2 heterocycles. The number of benzene rings is 1. The average Bonchev–Trinajstić information content (AvgIpc) is 3.37. The third-order valence-corrected chi connectivity index (χ3v) is 5.26. The van der Waals surface area contributed by atoms with E-state index >= 15 is 0 Å². The van der Waals surface area contributed by atoms with Crippen LogP contribution in [0.1, 0.15) is 31.7 Å². The maximum Gasteiger partial charge on any atom is 0.257 e. The van der Waals surface area contributed by atoms with Gasteiger partial charge in [-0.3, -0.25) is 4.79 Å². The lowest BCUT2D eigenvalue weighted by molar-refractivity contribution is -0.124. The molecule has 1 aliphatic heterocycles. The first-order valence-electron chi connectivity index (χ1n) is 9.28. The minimum atomic E-state index is -0.322. The first-order valence-corrected chi connectivity index (χ1v) is 9.28. The summed E-state index contributed by atoms with van der Waals surface area (Å²) in [7, 11) is 0. The van der Waals surface area contributed by atoms with Crippen molar-refractivity contribution in [3.05, 3.63) is 48.3 Å². The third-order valence-electron chi connectivity index (χ3n) is 5.26. The van der Waals surface area contributed by atoms with E-state index in [1.165, 1.54) is 0 Å². The molecular formula is C20H24N4O2. The van der Waals surface area contributed by atoms with Gasteiger partial charge in [0, 0.05) is 31.5 Å². The van der Waals surface area contributed by atoms with Crippen LogP contribution in [0, 0.1) is 0 Å². The third kappa shape index (κ3) is 3.11. The maximum absolute atomic E-state index is 12.9. The summed E-state index contributed by atoms with van der Waals surface area (Å²) in [5.74, 6) is 1.47. The summed E-state index contributed by atoms with van der Waals surface area (Å²) in [6, 6.07) is 10.2. The standard InChI is InChI=1S/C20H24N4O2/c1-2-26-18-17(21-11-12-22-18)24-13-8-16(14-24)23-19(25)20(9-10-20)15-6-4-3-5-7-15/h3-7,11-12,16H,2,8-10,13-14H2,1H3,(H,23,25)/t16-/m0/s1. The van der Waals surface area contributed by atoms with Gasteiger partial charge in [-0.2, -0.15) is 0 Å². The van der Waals surface area contributed by atoms with Crippen LogP contribution in [0.4, 0.5) is 5.82 Å². The van der Waals surface area contributed by atoms with E-state index in [2.05, 4.69) is 32.3 Å². The smallest absolute Gasteiger partial charge is 0.257 e. The second-order valence-electron chi connectivity index (χ2n) is 6.97. The molecule has 2 aromatic rings. The molecule has 1 aromatic carbocycles. The molecule has 1 aliphatic carbocycles. The first-order chi connectivity index (χ1) is 12.7. The summed E-state index contributed by atoms with van der Waals surface area (Å²) in [5.41, 5.74) is 0.803. The largest absolute Gasteiger partial charge is 0.475 e. The highest BCUT2D eigenvalue weighted by Gasteiger charge is 2.51. The van der Waals surface area contributed by atoms with Crippen molar-refractivity contribution in [3.63, 3.8) is 0 Å². The van der Waals surface area contributed by atoms with Crippen molar-refractivity contribution in [1.82, 2.24) is 15.3 Å². The number of carbonyl (C=O) groups is 1. The van der Waals surface area contributed by atoms with E-state index < -0.39 is 0 Å². The van der Waals surface area contributed by atoms with Crippen LogP contribution < -0.4 is 15.0 Å². The molecular weight excluding hydrogens is 328 g/mol. The van der Waals surface area contributed by atoms with Crippen LogP contribution in [-0.4, -0.2) is 41.6 Å². The summed E-state index contributed by atoms with van der Waals surface area (Å²) in [4.78, 5) is 23.8. The van der Waals surface area contributed by atoms with Crippen molar-refractivity contribution in [1.29, 1.82) is 0 Å². The Morgan fingerprint density at radius 3 is 2.77 bits per heavy atom.